The van der Waals surface area contributed by atoms with E-state index in [0.717, 1.165) is 18.6 Å². The van der Waals surface area contributed by atoms with Gasteiger partial charge in [0.1, 0.15) is 12.8 Å². The first-order valence-corrected chi connectivity index (χ1v) is 4.21. The van der Waals surface area contributed by atoms with E-state index in [2.05, 4.69) is 18.6 Å². The van der Waals surface area contributed by atoms with Crippen LogP contribution in [0.3, 0.4) is 0 Å². The number of rotatable bonds is 0. The molecule has 1 saturated carbocycles. The molecule has 0 aliphatic heterocycles. The third kappa shape index (κ3) is 1.22. The standard InChI is InChI=1S/C11H12O/c1-12-11-7-5-10(6-8-11)9-3-2-4-9/h2,5-8H,3-4H2,1H3/q+2. The highest BCUT2D eigenvalue weighted by atomic mass is 16.4. The maximum atomic E-state index is 5.08. The highest BCUT2D eigenvalue weighted by Gasteiger charge is 2.22. The summed E-state index contributed by atoms with van der Waals surface area (Å²) in [6.45, 7) is 0. The van der Waals surface area contributed by atoms with Crippen LogP contribution < -0.4 is 0 Å². The van der Waals surface area contributed by atoms with Crippen LogP contribution in [0.2, 0.25) is 0 Å². The molecule has 1 fully saturated rings. The molecule has 0 heterocycles. The van der Waals surface area contributed by atoms with E-state index in [9.17, 15) is 0 Å². The van der Waals surface area contributed by atoms with Crippen molar-refractivity contribution in [1.29, 1.82) is 0 Å². The van der Waals surface area contributed by atoms with Crippen LogP contribution in [0, 0.1) is 6.42 Å². The van der Waals surface area contributed by atoms with Gasteiger partial charge < -0.3 is 0 Å². The highest BCUT2D eigenvalue weighted by Crippen LogP contribution is 2.29. The molecule has 2 aliphatic carbocycles. The average molecular weight is 160 g/mol. The van der Waals surface area contributed by atoms with Crippen molar-refractivity contribution >= 4 is 5.78 Å². The van der Waals surface area contributed by atoms with Crippen molar-refractivity contribution < 1.29 is 4.42 Å². The van der Waals surface area contributed by atoms with Gasteiger partial charge in [-0.3, -0.25) is 4.42 Å². The average Bonchev–Trinajstić information content (AvgIpc) is 2.03. The molecule has 12 heavy (non-hydrogen) atoms. The summed E-state index contributed by atoms with van der Waals surface area (Å²) in [4.78, 5) is 0. The van der Waals surface area contributed by atoms with E-state index in [0.29, 0.717) is 0 Å². The monoisotopic (exact) mass is 160 g/mol. The van der Waals surface area contributed by atoms with Crippen LogP contribution in [0.1, 0.15) is 12.8 Å². The zero-order chi connectivity index (χ0) is 8.39. The molecule has 0 amide bonds. The Morgan fingerprint density at radius 1 is 1.17 bits per heavy atom. The van der Waals surface area contributed by atoms with Gasteiger partial charge in [-0.25, -0.2) is 0 Å². The summed E-state index contributed by atoms with van der Waals surface area (Å²) in [5.41, 5.74) is 2.90. The van der Waals surface area contributed by atoms with E-state index >= 15 is 0 Å². The van der Waals surface area contributed by atoms with Crippen LogP contribution in [0.4, 0.5) is 0 Å². The molecular formula is C11H12O+2. The summed E-state index contributed by atoms with van der Waals surface area (Å²) < 4.78 is 5.08. The van der Waals surface area contributed by atoms with Gasteiger partial charge in [-0.2, -0.15) is 0 Å². The summed E-state index contributed by atoms with van der Waals surface area (Å²) >= 11 is 0. The van der Waals surface area contributed by atoms with Gasteiger partial charge in [0.25, 0.3) is 7.11 Å². The normalized spacial score (nSPS) is 20.6. The zero-order valence-electron chi connectivity index (χ0n) is 7.21. The number of hydrogen-bond acceptors (Lipinski definition) is 0. The Hall–Kier alpha value is -1.24. The maximum Gasteiger partial charge on any atom is 0.343 e. The third-order valence-corrected chi connectivity index (χ3v) is 2.28. The molecule has 0 unspecified atom stereocenters. The van der Waals surface area contributed by atoms with Crippen LogP contribution in [0.15, 0.2) is 35.5 Å². The molecule has 0 aromatic rings. The molecule has 2 aliphatic rings. The van der Waals surface area contributed by atoms with Crippen molar-refractivity contribution in [3.05, 3.63) is 41.9 Å². The van der Waals surface area contributed by atoms with Crippen molar-refractivity contribution in [1.82, 2.24) is 0 Å². The van der Waals surface area contributed by atoms with Crippen molar-refractivity contribution in [3.8, 4) is 0 Å². The van der Waals surface area contributed by atoms with Crippen LogP contribution >= 0.6 is 0 Å². The van der Waals surface area contributed by atoms with Crippen molar-refractivity contribution in [2.45, 2.75) is 12.8 Å². The molecule has 0 saturated heterocycles. The lowest BCUT2D eigenvalue weighted by Crippen LogP contribution is -2.03. The molecule has 0 atom stereocenters. The Labute approximate surface area is 72.8 Å². The Morgan fingerprint density at radius 3 is 2.25 bits per heavy atom. The van der Waals surface area contributed by atoms with Crippen LogP contribution in [0.25, 0.3) is 0 Å². The Kier molecular flexibility index (Phi) is 1.86. The van der Waals surface area contributed by atoms with Crippen molar-refractivity contribution in [2.24, 2.45) is 0 Å². The first-order chi connectivity index (χ1) is 5.90. The number of carbonyl (C=O) groups excluding carboxylic acids is 1. The molecule has 0 radical (unpaired) electrons. The smallest absolute Gasteiger partial charge is 0.258 e. The summed E-state index contributed by atoms with van der Waals surface area (Å²) in [5.74, 6) is 0.933. The molecule has 2 rings (SSSR count). The minimum absolute atomic E-state index is 0.933. The summed E-state index contributed by atoms with van der Waals surface area (Å²) in [6, 6.07) is 0. The highest BCUT2D eigenvalue weighted by molar-refractivity contribution is 6.01. The zero-order valence-corrected chi connectivity index (χ0v) is 7.21. The second-order valence-corrected chi connectivity index (χ2v) is 3.03. The molecule has 1 nitrogen and oxygen atoms in total. The molecular weight excluding hydrogens is 148 g/mol. The van der Waals surface area contributed by atoms with E-state index in [4.69, 9.17) is 4.42 Å². The molecule has 60 valence electrons. The fourth-order valence-corrected chi connectivity index (χ4v) is 1.35. The van der Waals surface area contributed by atoms with E-state index in [1.54, 1.807) is 7.11 Å². The predicted molar refractivity (Wildman–Crippen MR) is 49.8 cm³/mol. The molecule has 0 aromatic heterocycles. The SMILES string of the molecule is C[O+]=C1C=CC(=C2C[CH+]C2)C=C1. The van der Waals surface area contributed by atoms with Crippen molar-refractivity contribution in [3.63, 3.8) is 0 Å². The van der Waals surface area contributed by atoms with Gasteiger partial charge in [0, 0.05) is 17.7 Å². The van der Waals surface area contributed by atoms with Gasteiger partial charge in [-0.15, -0.1) is 0 Å². The summed E-state index contributed by atoms with van der Waals surface area (Å²) in [6.07, 6.45) is 12.9. The predicted octanol–water partition coefficient (Wildman–Crippen LogP) is 2.14. The van der Waals surface area contributed by atoms with Crippen LogP contribution in [0.5, 0.6) is 0 Å². The second kappa shape index (κ2) is 3.02. The largest absolute Gasteiger partial charge is 0.343 e. The van der Waals surface area contributed by atoms with Crippen LogP contribution in [-0.4, -0.2) is 12.9 Å². The fraction of sp³-hybridized carbons (Fsp3) is 0.273. The minimum Gasteiger partial charge on any atom is -0.258 e. The summed E-state index contributed by atoms with van der Waals surface area (Å²) in [5, 5.41) is 0. The van der Waals surface area contributed by atoms with E-state index in [1.807, 2.05) is 12.2 Å². The molecule has 0 N–H and O–H groups in total. The lowest BCUT2D eigenvalue weighted by atomic mass is 9.86. The quantitative estimate of drug-likeness (QED) is 0.380. The van der Waals surface area contributed by atoms with Gasteiger partial charge in [0.05, 0.1) is 6.42 Å². The van der Waals surface area contributed by atoms with Gasteiger partial charge in [0.2, 0.25) is 0 Å². The number of hydrogen-bond donors (Lipinski definition) is 0. The first-order valence-electron chi connectivity index (χ1n) is 4.21. The van der Waals surface area contributed by atoms with Gasteiger partial charge in [-0.1, -0.05) is 0 Å². The molecule has 0 bridgehead atoms. The minimum atomic E-state index is 0.933. The third-order valence-electron chi connectivity index (χ3n) is 2.28. The lowest BCUT2D eigenvalue weighted by Gasteiger charge is -2.10. The second-order valence-electron chi connectivity index (χ2n) is 3.03. The van der Waals surface area contributed by atoms with Gasteiger partial charge in [-0.05, 0) is 17.7 Å². The van der Waals surface area contributed by atoms with E-state index in [1.165, 1.54) is 11.1 Å². The van der Waals surface area contributed by atoms with Crippen molar-refractivity contribution in [2.75, 3.05) is 7.11 Å². The fourth-order valence-electron chi connectivity index (χ4n) is 1.35. The molecule has 0 aromatic carbocycles. The number of ketones is 1. The van der Waals surface area contributed by atoms with Gasteiger partial charge in [0.15, 0.2) is 0 Å². The first kappa shape index (κ1) is 7.41. The Balaban J connectivity index is 2.20. The molecule has 0 spiro atoms. The Morgan fingerprint density at radius 2 is 1.83 bits per heavy atom. The van der Waals surface area contributed by atoms with E-state index < -0.39 is 0 Å². The molecule has 1 heteroatoms. The summed E-state index contributed by atoms with van der Waals surface area (Å²) in [7, 11) is 1.69. The van der Waals surface area contributed by atoms with Gasteiger partial charge >= 0.3 is 5.78 Å². The topological polar surface area (TPSA) is 11.3 Å². The Bertz CT molecular complexity index is 279. The number of allylic oxidation sites excluding steroid dienone is 6. The van der Waals surface area contributed by atoms with Crippen LogP contribution in [-0.2, 0) is 4.42 Å². The van der Waals surface area contributed by atoms with E-state index in [-0.39, 0.29) is 0 Å². The lowest BCUT2D eigenvalue weighted by molar-refractivity contribution is -0.417. The maximum absolute atomic E-state index is 5.08.